The zero-order chi connectivity index (χ0) is 27.1. The number of hydrogen-bond donors (Lipinski definition) is 0. The molecular weight excluding hydrogens is 484 g/mol. The van der Waals surface area contributed by atoms with Gasteiger partial charge in [-0.05, 0) is 47.1 Å². The molecule has 198 valence electrons. The van der Waals surface area contributed by atoms with E-state index in [2.05, 4.69) is 55.1 Å². The Morgan fingerprint density at radius 3 is 2.16 bits per heavy atom. The lowest BCUT2D eigenvalue weighted by Gasteiger charge is -2.48. The van der Waals surface area contributed by atoms with Crippen LogP contribution in [0.15, 0.2) is 65.8 Å². The number of hydrogen-bond acceptors (Lipinski definition) is 5. The highest BCUT2D eigenvalue weighted by Gasteiger charge is 2.59. The second kappa shape index (κ2) is 11.9. The van der Waals surface area contributed by atoms with E-state index in [4.69, 9.17) is 14.7 Å². The molecule has 8 nitrogen and oxygen atoms in total. The third-order valence-corrected chi connectivity index (χ3v) is 12.4. The highest BCUT2D eigenvalue weighted by Crippen LogP contribution is 2.42. The summed E-state index contributed by atoms with van der Waals surface area (Å²) in [6, 6.07) is 19.8. The average Bonchev–Trinajstić information content (AvgIpc) is 3.14. The molecule has 1 saturated heterocycles. The number of unbranched alkanes of at least 4 members (excludes halogenated alkanes) is 1. The molecular formula is C28H38N4O4Si. The third-order valence-electron chi connectivity index (χ3n) is 7.31. The molecule has 0 spiro atoms. The summed E-state index contributed by atoms with van der Waals surface area (Å²) < 4.78 is 13.3. The van der Waals surface area contributed by atoms with Crippen molar-refractivity contribution >= 4 is 31.1 Å². The molecule has 3 rings (SSSR count). The molecule has 3 atom stereocenters. The molecule has 1 heterocycles. The van der Waals surface area contributed by atoms with E-state index in [1.807, 2.05) is 50.2 Å². The Bertz CT molecular complexity index is 1060. The Morgan fingerprint density at radius 1 is 1.14 bits per heavy atom. The summed E-state index contributed by atoms with van der Waals surface area (Å²) >= 11 is 0. The highest BCUT2D eigenvalue weighted by atomic mass is 28.4. The SMILES string of the molecule is CC[C@@H](O[Si](c1ccccc1)(c1ccccc1)C(C)(C)C)[C@@]1(C)OC(=O)N(CCCCN=[N+]=[N-])[C@@H]1C=O. The van der Waals surface area contributed by atoms with Crippen LogP contribution in [-0.4, -0.2) is 56.4 Å². The van der Waals surface area contributed by atoms with Crippen molar-refractivity contribution in [2.24, 2.45) is 5.11 Å². The summed E-state index contributed by atoms with van der Waals surface area (Å²) in [4.78, 5) is 29.7. The van der Waals surface area contributed by atoms with Crippen LogP contribution in [0.25, 0.3) is 10.4 Å². The molecule has 2 aromatic rings. The minimum absolute atomic E-state index is 0.264. The molecule has 0 saturated carbocycles. The number of carbonyl (C=O) groups is 2. The van der Waals surface area contributed by atoms with Crippen LogP contribution in [-0.2, 0) is 14.0 Å². The van der Waals surface area contributed by atoms with Gasteiger partial charge in [0.2, 0.25) is 0 Å². The van der Waals surface area contributed by atoms with Crippen molar-refractivity contribution in [2.75, 3.05) is 13.1 Å². The summed E-state index contributed by atoms with van der Waals surface area (Å²) in [6.45, 7) is 11.1. The van der Waals surface area contributed by atoms with E-state index in [1.165, 1.54) is 4.90 Å². The zero-order valence-electron chi connectivity index (χ0n) is 22.5. The van der Waals surface area contributed by atoms with Crippen LogP contribution >= 0.6 is 0 Å². The largest absolute Gasteiger partial charge is 0.438 e. The molecule has 0 N–H and O–H groups in total. The van der Waals surface area contributed by atoms with Gasteiger partial charge in [-0.1, -0.05) is 93.5 Å². The number of ether oxygens (including phenoxy) is 1. The maximum atomic E-state index is 13.0. The topological polar surface area (TPSA) is 105 Å². The fourth-order valence-electron chi connectivity index (χ4n) is 5.44. The molecule has 1 fully saturated rings. The molecule has 37 heavy (non-hydrogen) atoms. The van der Waals surface area contributed by atoms with Gasteiger partial charge in [0.15, 0.2) is 5.60 Å². The first-order valence-electron chi connectivity index (χ1n) is 12.9. The predicted octanol–water partition coefficient (Wildman–Crippen LogP) is 5.21. The van der Waals surface area contributed by atoms with Gasteiger partial charge in [-0.3, -0.25) is 4.90 Å². The lowest BCUT2D eigenvalue weighted by Crippen LogP contribution is -2.70. The Kier molecular flexibility index (Phi) is 9.18. The van der Waals surface area contributed by atoms with Crippen molar-refractivity contribution in [3.63, 3.8) is 0 Å². The van der Waals surface area contributed by atoms with Gasteiger partial charge in [0.1, 0.15) is 12.3 Å². The Morgan fingerprint density at radius 2 is 1.70 bits per heavy atom. The van der Waals surface area contributed by atoms with Crippen molar-refractivity contribution in [1.82, 2.24) is 4.90 Å². The lowest BCUT2D eigenvalue weighted by molar-refractivity contribution is -0.119. The number of cyclic esters (lactones) is 1. The Hall–Kier alpha value is -3.13. The number of aldehydes is 1. The van der Waals surface area contributed by atoms with Gasteiger partial charge >= 0.3 is 6.09 Å². The monoisotopic (exact) mass is 522 g/mol. The molecule has 0 aliphatic carbocycles. The number of nitrogens with zero attached hydrogens (tertiary/aromatic N) is 4. The molecule has 1 aliphatic heterocycles. The summed E-state index contributed by atoms with van der Waals surface area (Å²) in [7, 11) is -2.95. The molecule has 9 heteroatoms. The second-order valence-electron chi connectivity index (χ2n) is 10.7. The zero-order valence-corrected chi connectivity index (χ0v) is 23.5. The normalized spacial score (nSPS) is 20.7. The minimum Gasteiger partial charge on any atom is -0.438 e. The maximum absolute atomic E-state index is 13.0. The number of carbonyl (C=O) groups excluding carboxylic acids is 2. The van der Waals surface area contributed by atoms with Gasteiger partial charge in [0.25, 0.3) is 8.32 Å². The summed E-state index contributed by atoms with van der Waals surface area (Å²) in [5.74, 6) is 0. The van der Waals surface area contributed by atoms with Crippen LogP contribution in [0.3, 0.4) is 0 Å². The quantitative estimate of drug-likeness (QED) is 0.0953. The maximum Gasteiger partial charge on any atom is 0.411 e. The van der Waals surface area contributed by atoms with Gasteiger partial charge in [-0.15, -0.1) is 0 Å². The number of amides is 1. The molecule has 1 amide bonds. The van der Waals surface area contributed by atoms with E-state index in [0.717, 1.165) is 16.7 Å². The summed E-state index contributed by atoms with van der Waals surface area (Å²) in [5, 5.41) is 5.53. The van der Waals surface area contributed by atoms with E-state index < -0.39 is 32.2 Å². The number of azide groups is 1. The predicted molar refractivity (Wildman–Crippen MR) is 147 cm³/mol. The van der Waals surface area contributed by atoms with Crippen molar-refractivity contribution in [3.05, 3.63) is 71.1 Å². The molecule has 0 unspecified atom stereocenters. The minimum atomic E-state index is -2.95. The van der Waals surface area contributed by atoms with Gasteiger partial charge in [0.05, 0.1) is 6.10 Å². The second-order valence-corrected chi connectivity index (χ2v) is 14.9. The van der Waals surface area contributed by atoms with E-state index >= 15 is 0 Å². The molecule has 1 aliphatic rings. The van der Waals surface area contributed by atoms with E-state index in [1.54, 1.807) is 0 Å². The number of rotatable bonds is 12. The van der Waals surface area contributed by atoms with E-state index in [9.17, 15) is 9.59 Å². The van der Waals surface area contributed by atoms with Crippen molar-refractivity contribution in [2.45, 2.75) is 76.7 Å². The summed E-state index contributed by atoms with van der Waals surface area (Å²) in [5.41, 5.74) is 7.33. The van der Waals surface area contributed by atoms with Crippen LogP contribution in [0.1, 0.15) is 53.9 Å². The third kappa shape index (κ3) is 5.59. The van der Waals surface area contributed by atoms with Crippen LogP contribution < -0.4 is 10.4 Å². The van der Waals surface area contributed by atoms with Gasteiger partial charge in [0, 0.05) is 18.0 Å². The van der Waals surface area contributed by atoms with Crippen LogP contribution in [0, 0.1) is 0 Å². The fraction of sp³-hybridized carbons (Fsp3) is 0.500. The van der Waals surface area contributed by atoms with Crippen LogP contribution in [0.2, 0.25) is 5.04 Å². The molecule has 0 radical (unpaired) electrons. The summed E-state index contributed by atoms with van der Waals surface area (Å²) in [6.07, 6.45) is 1.53. The van der Waals surface area contributed by atoms with Crippen molar-refractivity contribution in [3.8, 4) is 0 Å². The van der Waals surface area contributed by atoms with Crippen molar-refractivity contribution in [1.29, 1.82) is 0 Å². The first-order valence-corrected chi connectivity index (χ1v) is 14.8. The molecule has 0 aromatic heterocycles. The van der Waals surface area contributed by atoms with E-state index in [0.29, 0.717) is 32.4 Å². The number of benzene rings is 2. The van der Waals surface area contributed by atoms with E-state index in [-0.39, 0.29) is 5.04 Å². The average molecular weight is 523 g/mol. The smallest absolute Gasteiger partial charge is 0.411 e. The standard InChI is InChI=1S/C28H38N4O4Si/c1-6-25(28(5)24(21-33)32(26(34)35-28)20-14-13-19-30-31-29)36-37(27(2,3)4,22-15-9-7-10-16-22)23-17-11-8-12-18-23/h7-12,15-18,21,24-25H,6,13-14,19-20H2,1-5H3/t24-,25-,28+/m1/s1. The molecule has 0 bridgehead atoms. The van der Waals surface area contributed by atoms with Crippen LogP contribution in [0.4, 0.5) is 4.79 Å². The highest BCUT2D eigenvalue weighted by molar-refractivity contribution is 6.99. The Balaban J connectivity index is 2.04. The Labute approximate surface area is 220 Å². The molecule has 2 aromatic carbocycles. The van der Waals surface area contributed by atoms with Gasteiger partial charge in [-0.2, -0.15) is 0 Å². The lowest BCUT2D eigenvalue weighted by atomic mass is 9.89. The first-order chi connectivity index (χ1) is 17.7. The fourth-order valence-corrected chi connectivity index (χ4v) is 10.3. The van der Waals surface area contributed by atoms with Crippen molar-refractivity contribution < 1.29 is 18.8 Å². The first kappa shape index (κ1) is 28.4. The van der Waals surface area contributed by atoms with Gasteiger partial charge < -0.3 is 14.0 Å². The van der Waals surface area contributed by atoms with Gasteiger partial charge in [-0.25, -0.2) is 4.79 Å². The van der Waals surface area contributed by atoms with Crippen LogP contribution in [0.5, 0.6) is 0 Å².